The van der Waals surface area contributed by atoms with E-state index in [4.69, 9.17) is 0 Å². The minimum Gasteiger partial charge on any atom is -0.396 e. The average Bonchev–Trinajstić information content (AvgIpc) is 2.71. The Hall–Kier alpha value is -0.940. The highest BCUT2D eigenvalue weighted by Crippen LogP contribution is 2.22. The molecule has 3 rings (SSSR count). The smallest absolute Gasteiger partial charge is 0.0446 e. The Kier molecular flexibility index (Phi) is 8.59. The van der Waals surface area contributed by atoms with Gasteiger partial charge in [-0.15, -0.1) is 0 Å². The predicted molar refractivity (Wildman–Crippen MR) is 113 cm³/mol. The maximum Gasteiger partial charge on any atom is 0.0446 e. The summed E-state index contributed by atoms with van der Waals surface area (Å²) >= 11 is 0. The minimum absolute atomic E-state index is 0.308. The predicted octanol–water partition coefficient (Wildman–Crippen LogP) is 2.86. The SMILES string of the molecule is CCCN1CCC(N2CCN(CCCc3ccccc3)[C@H](CCO)C2)CC1. The zero-order chi connectivity index (χ0) is 18.9. The normalized spacial score (nSPS) is 23.7. The van der Waals surface area contributed by atoms with Crippen LogP contribution >= 0.6 is 0 Å². The lowest BCUT2D eigenvalue weighted by molar-refractivity contribution is 0.0165. The van der Waals surface area contributed by atoms with Crippen molar-refractivity contribution >= 4 is 0 Å². The minimum atomic E-state index is 0.308. The summed E-state index contributed by atoms with van der Waals surface area (Å²) in [5.74, 6) is 0. The maximum absolute atomic E-state index is 9.58. The first-order valence-electron chi connectivity index (χ1n) is 11.2. The van der Waals surface area contributed by atoms with Crippen LogP contribution in [0.3, 0.4) is 0 Å². The Labute approximate surface area is 166 Å². The number of hydrogen-bond donors (Lipinski definition) is 1. The van der Waals surface area contributed by atoms with Gasteiger partial charge in [0.1, 0.15) is 0 Å². The van der Waals surface area contributed by atoms with Crippen LogP contribution < -0.4 is 0 Å². The molecule has 152 valence electrons. The topological polar surface area (TPSA) is 30.0 Å². The molecule has 2 fully saturated rings. The van der Waals surface area contributed by atoms with Gasteiger partial charge in [-0.3, -0.25) is 9.80 Å². The van der Waals surface area contributed by atoms with Crippen LogP contribution in [0.2, 0.25) is 0 Å². The Balaban J connectivity index is 1.45. The summed E-state index contributed by atoms with van der Waals surface area (Å²) in [6.45, 7) is 11.0. The van der Waals surface area contributed by atoms with Crippen molar-refractivity contribution in [3.63, 3.8) is 0 Å². The molecule has 2 heterocycles. The molecule has 27 heavy (non-hydrogen) atoms. The van der Waals surface area contributed by atoms with Gasteiger partial charge in [0.25, 0.3) is 0 Å². The van der Waals surface area contributed by atoms with Crippen molar-refractivity contribution in [3.8, 4) is 0 Å². The van der Waals surface area contributed by atoms with Crippen LogP contribution in [-0.2, 0) is 6.42 Å². The maximum atomic E-state index is 9.58. The highest BCUT2D eigenvalue weighted by molar-refractivity contribution is 5.14. The number of aliphatic hydroxyl groups is 1. The van der Waals surface area contributed by atoms with E-state index in [1.807, 2.05) is 0 Å². The van der Waals surface area contributed by atoms with Gasteiger partial charge in [0.15, 0.2) is 0 Å². The van der Waals surface area contributed by atoms with Crippen LogP contribution in [0.15, 0.2) is 30.3 Å². The van der Waals surface area contributed by atoms with Gasteiger partial charge in [-0.05, 0) is 70.3 Å². The third-order valence-corrected chi connectivity index (χ3v) is 6.47. The largest absolute Gasteiger partial charge is 0.396 e. The van der Waals surface area contributed by atoms with Gasteiger partial charge in [0.2, 0.25) is 0 Å². The number of piperidine rings is 1. The molecule has 2 saturated heterocycles. The lowest BCUT2D eigenvalue weighted by Crippen LogP contribution is -2.57. The molecule has 0 amide bonds. The van der Waals surface area contributed by atoms with Gasteiger partial charge >= 0.3 is 0 Å². The Bertz CT molecular complexity index is 516. The van der Waals surface area contributed by atoms with Gasteiger partial charge in [-0.25, -0.2) is 0 Å². The van der Waals surface area contributed by atoms with Crippen molar-refractivity contribution in [1.82, 2.24) is 14.7 Å². The molecule has 0 saturated carbocycles. The van der Waals surface area contributed by atoms with Crippen molar-refractivity contribution in [1.29, 1.82) is 0 Å². The van der Waals surface area contributed by atoms with Crippen molar-refractivity contribution in [2.45, 2.75) is 57.5 Å². The molecule has 0 aromatic heterocycles. The zero-order valence-electron chi connectivity index (χ0n) is 17.2. The van der Waals surface area contributed by atoms with Crippen LogP contribution in [0.5, 0.6) is 0 Å². The van der Waals surface area contributed by atoms with Gasteiger partial charge in [-0.1, -0.05) is 37.3 Å². The monoisotopic (exact) mass is 373 g/mol. The molecule has 4 heteroatoms. The number of hydrogen-bond acceptors (Lipinski definition) is 4. The van der Waals surface area contributed by atoms with Gasteiger partial charge in [0.05, 0.1) is 0 Å². The van der Waals surface area contributed by atoms with Crippen molar-refractivity contribution in [2.75, 3.05) is 52.4 Å². The average molecular weight is 374 g/mol. The fraction of sp³-hybridized carbons (Fsp3) is 0.739. The molecule has 1 atom stereocenters. The van der Waals surface area contributed by atoms with Crippen LogP contribution in [0.1, 0.15) is 44.6 Å². The number of likely N-dealkylation sites (tertiary alicyclic amines) is 1. The summed E-state index contributed by atoms with van der Waals surface area (Å²) in [5, 5.41) is 9.58. The van der Waals surface area contributed by atoms with Crippen molar-refractivity contribution < 1.29 is 5.11 Å². The number of aryl methyl sites for hydroxylation is 1. The van der Waals surface area contributed by atoms with E-state index in [-0.39, 0.29) is 0 Å². The molecule has 0 aliphatic carbocycles. The van der Waals surface area contributed by atoms with Crippen molar-refractivity contribution in [2.24, 2.45) is 0 Å². The van der Waals surface area contributed by atoms with Crippen molar-refractivity contribution in [3.05, 3.63) is 35.9 Å². The molecular formula is C23H39N3O. The van der Waals surface area contributed by atoms with E-state index in [1.54, 1.807) is 0 Å². The van der Waals surface area contributed by atoms with Crippen LogP contribution in [0.4, 0.5) is 0 Å². The molecule has 1 N–H and O–H groups in total. The molecule has 1 aromatic carbocycles. The Morgan fingerprint density at radius 1 is 1.00 bits per heavy atom. The summed E-state index contributed by atoms with van der Waals surface area (Å²) in [7, 11) is 0. The second kappa shape index (κ2) is 11.2. The van der Waals surface area contributed by atoms with Gasteiger partial charge in [-0.2, -0.15) is 0 Å². The number of aliphatic hydroxyl groups excluding tert-OH is 1. The van der Waals surface area contributed by atoms with Crippen LogP contribution in [0, 0.1) is 0 Å². The molecule has 2 aliphatic heterocycles. The van der Waals surface area contributed by atoms with Gasteiger partial charge in [0, 0.05) is 38.3 Å². The summed E-state index contributed by atoms with van der Waals surface area (Å²) in [4.78, 5) is 8.00. The molecule has 0 radical (unpaired) electrons. The van der Waals surface area contributed by atoms with E-state index < -0.39 is 0 Å². The summed E-state index contributed by atoms with van der Waals surface area (Å²) < 4.78 is 0. The lowest BCUT2D eigenvalue weighted by Gasteiger charge is -2.46. The van der Waals surface area contributed by atoms with E-state index in [2.05, 4.69) is 52.0 Å². The van der Waals surface area contributed by atoms with E-state index in [1.165, 1.54) is 57.4 Å². The molecular weight excluding hydrogens is 334 g/mol. The van der Waals surface area contributed by atoms with E-state index >= 15 is 0 Å². The van der Waals surface area contributed by atoms with Crippen LogP contribution in [-0.4, -0.2) is 84.3 Å². The fourth-order valence-corrected chi connectivity index (χ4v) is 4.92. The molecule has 0 bridgehead atoms. The second-order valence-electron chi connectivity index (χ2n) is 8.36. The first-order chi connectivity index (χ1) is 13.3. The van der Waals surface area contributed by atoms with Crippen LogP contribution in [0.25, 0.3) is 0 Å². The third kappa shape index (κ3) is 6.28. The third-order valence-electron chi connectivity index (χ3n) is 6.47. The molecule has 0 unspecified atom stereocenters. The van der Waals surface area contributed by atoms with Gasteiger partial charge < -0.3 is 10.0 Å². The number of benzene rings is 1. The fourth-order valence-electron chi connectivity index (χ4n) is 4.92. The number of nitrogens with zero attached hydrogens (tertiary/aromatic N) is 3. The highest BCUT2D eigenvalue weighted by Gasteiger charge is 2.31. The van der Waals surface area contributed by atoms with E-state index in [0.29, 0.717) is 12.6 Å². The molecule has 1 aromatic rings. The Morgan fingerprint density at radius 2 is 1.78 bits per heavy atom. The summed E-state index contributed by atoms with van der Waals surface area (Å²) in [6.07, 6.45) is 7.19. The quantitative estimate of drug-likeness (QED) is 0.721. The lowest BCUT2D eigenvalue weighted by atomic mass is 9.99. The molecule has 2 aliphatic rings. The van der Waals surface area contributed by atoms with E-state index in [9.17, 15) is 5.11 Å². The first kappa shape index (κ1) is 20.8. The van der Waals surface area contributed by atoms with E-state index in [0.717, 1.165) is 38.5 Å². The first-order valence-corrected chi connectivity index (χ1v) is 11.2. The summed E-state index contributed by atoms with van der Waals surface area (Å²) in [6, 6.07) is 12.1. The molecule has 0 spiro atoms. The molecule has 4 nitrogen and oxygen atoms in total. The highest BCUT2D eigenvalue weighted by atomic mass is 16.3. The zero-order valence-corrected chi connectivity index (χ0v) is 17.2. The standard InChI is InChI=1S/C23H39N3O/c1-2-13-24-15-10-22(11-16-24)26-18-17-25(23(20-26)12-19-27)14-6-9-21-7-4-3-5-8-21/h3-5,7-8,22-23,27H,2,6,9-20H2,1H3/t23-/m1/s1. The Morgan fingerprint density at radius 3 is 2.48 bits per heavy atom. The summed E-state index contributed by atoms with van der Waals surface area (Å²) in [5.41, 5.74) is 1.44. The number of piperazine rings is 1. The second-order valence-corrected chi connectivity index (χ2v) is 8.36. The number of rotatable bonds is 9.